The van der Waals surface area contributed by atoms with Crippen molar-refractivity contribution >= 4 is 17.4 Å². The Morgan fingerprint density at radius 1 is 1.06 bits per heavy atom. The number of methoxy groups -OCH3 is 1. The van der Waals surface area contributed by atoms with Gasteiger partial charge in [0.15, 0.2) is 17.3 Å². The van der Waals surface area contributed by atoms with Gasteiger partial charge in [0.1, 0.15) is 6.10 Å². The number of nitrogens with one attached hydrogen (secondary N) is 1. The van der Waals surface area contributed by atoms with Crippen LogP contribution in [0.2, 0.25) is 5.02 Å². The van der Waals surface area contributed by atoms with E-state index in [-0.39, 0.29) is 23.8 Å². The number of halogens is 1. The number of hydrogen-bond donors (Lipinski definition) is 2. The molecule has 2 fully saturated rings. The molecular weight excluding hydrogens is 426 g/mol. The number of ketones is 1. The molecule has 2 aromatic rings. The number of ether oxygens (including phenoxy) is 2. The van der Waals surface area contributed by atoms with Crippen LogP contribution in [0.5, 0.6) is 11.5 Å². The summed E-state index contributed by atoms with van der Waals surface area (Å²) in [7, 11) is 1.59. The molecule has 2 aromatic carbocycles. The van der Waals surface area contributed by atoms with Crippen molar-refractivity contribution in [1.29, 1.82) is 0 Å². The number of aliphatic hydroxyl groups is 1. The molecule has 0 saturated heterocycles. The molecule has 0 spiro atoms. The SMILES string of the molecule is COc1cc(C2C(=O)C2NC2CCCCC2)c(C(O)c2ccc(Cl)cc2)cc1OC(C)C. The highest BCUT2D eigenvalue weighted by Gasteiger charge is 2.52. The average Bonchev–Trinajstić information content (AvgIpc) is 3.41. The summed E-state index contributed by atoms with van der Waals surface area (Å²) in [6, 6.07) is 11.0. The first-order valence-corrected chi connectivity index (χ1v) is 11.9. The second kappa shape index (κ2) is 9.82. The lowest BCUT2D eigenvalue weighted by atomic mass is 9.93. The normalized spacial score (nSPS) is 22.1. The Hall–Kier alpha value is -2.08. The largest absolute Gasteiger partial charge is 0.493 e. The molecule has 3 atom stereocenters. The molecule has 2 saturated carbocycles. The van der Waals surface area contributed by atoms with Crippen molar-refractivity contribution in [3.05, 3.63) is 58.1 Å². The van der Waals surface area contributed by atoms with Crippen molar-refractivity contribution in [3.8, 4) is 11.5 Å². The molecule has 3 unspecified atom stereocenters. The summed E-state index contributed by atoms with van der Waals surface area (Å²) in [6.07, 6.45) is 4.94. The predicted molar refractivity (Wildman–Crippen MR) is 126 cm³/mol. The Kier molecular flexibility index (Phi) is 7.08. The van der Waals surface area contributed by atoms with Gasteiger partial charge in [0.25, 0.3) is 0 Å². The van der Waals surface area contributed by atoms with E-state index in [0.29, 0.717) is 33.7 Å². The molecule has 4 rings (SSSR count). The fraction of sp³-hybridized carbons (Fsp3) is 0.500. The zero-order valence-electron chi connectivity index (χ0n) is 18.9. The molecule has 2 N–H and O–H groups in total. The van der Waals surface area contributed by atoms with Gasteiger partial charge in [-0.1, -0.05) is 43.0 Å². The number of Topliss-reactive ketones (excluding diaryl/α,β-unsaturated/α-hetero) is 1. The molecule has 0 bridgehead atoms. The lowest BCUT2D eigenvalue weighted by molar-refractivity contribution is -0.111. The summed E-state index contributed by atoms with van der Waals surface area (Å²) < 4.78 is 11.5. The van der Waals surface area contributed by atoms with Crippen molar-refractivity contribution in [2.75, 3.05) is 7.11 Å². The molecule has 2 aliphatic carbocycles. The molecule has 0 amide bonds. The van der Waals surface area contributed by atoms with E-state index < -0.39 is 6.10 Å². The number of benzene rings is 2. The summed E-state index contributed by atoms with van der Waals surface area (Å²) in [5, 5.41) is 15.5. The maximum Gasteiger partial charge on any atom is 0.161 e. The second-order valence-corrected chi connectivity index (χ2v) is 9.55. The van der Waals surface area contributed by atoms with Crippen LogP contribution in [0.4, 0.5) is 0 Å². The van der Waals surface area contributed by atoms with Crippen LogP contribution < -0.4 is 14.8 Å². The van der Waals surface area contributed by atoms with Crippen molar-refractivity contribution in [2.45, 2.75) is 76.2 Å². The lowest BCUT2D eigenvalue weighted by Gasteiger charge is -2.23. The minimum absolute atomic E-state index is 0.0569. The van der Waals surface area contributed by atoms with Crippen LogP contribution in [0.15, 0.2) is 36.4 Å². The highest BCUT2D eigenvalue weighted by Crippen LogP contribution is 2.46. The Balaban J connectivity index is 1.69. The first-order valence-electron chi connectivity index (χ1n) is 11.5. The van der Waals surface area contributed by atoms with E-state index in [2.05, 4.69) is 5.32 Å². The summed E-state index contributed by atoms with van der Waals surface area (Å²) in [6.45, 7) is 3.88. The minimum Gasteiger partial charge on any atom is -0.493 e. The Labute approximate surface area is 195 Å². The van der Waals surface area contributed by atoms with E-state index >= 15 is 0 Å². The monoisotopic (exact) mass is 457 g/mol. The van der Waals surface area contributed by atoms with Gasteiger partial charge in [0, 0.05) is 11.1 Å². The predicted octanol–water partition coefficient (Wildman–Crippen LogP) is 5.17. The Morgan fingerprint density at radius 3 is 2.38 bits per heavy atom. The first kappa shape index (κ1) is 23.1. The fourth-order valence-electron chi connectivity index (χ4n) is 4.70. The summed E-state index contributed by atoms with van der Waals surface area (Å²) in [5.41, 5.74) is 2.16. The number of aliphatic hydroxyl groups excluding tert-OH is 1. The number of carbonyl (C=O) groups is 1. The van der Waals surface area contributed by atoms with Crippen LogP contribution in [0.1, 0.15) is 74.7 Å². The van der Waals surface area contributed by atoms with Crippen LogP contribution >= 0.6 is 11.6 Å². The molecule has 2 aliphatic rings. The third-order valence-electron chi connectivity index (χ3n) is 6.41. The molecule has 5 nitrogen and oxygen atoms in total. The zero-order valence-corrected chi connectivity index (χ0v) is 19.7. The van der Waals surface area contributed by atoms with E-state index in [1.54, 1.807) is 31.4 Å². The zero-order chi connectivity index (χ0) is 22.8. The van der Waals surface area contributed by atoms with Crippen molar-refractivity contribution in [1.82, 2.24) is 5.32 Å². The third-order valence-corrected chi connectivity index (χ3v) is 6.66. The standard InChI is InChI=1S/C26H32ClNO4/c1-15(2)32-22-14-20(25(29)16-9-11-17(27)12-10-16)19(13-21(22)31-3)23-24(26(23)30)28-18-7-5-4-6-8-18/h9-15,18,23-25,28-29H,4-8H2,1-3H3. The van der Waals surface area contributed by atoms with E-state index in [9.17, 15) is 9.90 Å². The van der Waals surface area contributed by atoms with E-state index in [1.807, 2.05) is 26.0 Å². The van der Waals surface area contributed by atoms with E-state index in [1.165, 1.54) is 19.3 Å². The van der Waals surface area contributed by atoms with Gasteiger partial charge in [-0.25, -0.2) is 0 Å². The van der Waals surface area contributed by atoms with Crippen LogP contribution in [0, 0.1) is 0 Å². The van der Waals surface area contributed by atoms with Crippen molar-refractivity contribution in [2.24, 2.45) is 0 Å². The molecule has 0 aliphatic heterocycles. The van der Waals surface area contributed by atoms with Gasteiger partial charge in [0.05, 0.1) is 25.2 Å². The summed E-state index contributed by atoms with van der Waals surface area (Å²) in [5.74, 6) is 0.992. The topological polar surface area (TPSA) is 67.8 Å². The molecule has 32 heavy (non-hydrogen) atoms. The molecule has 172 valence electrons. The quantitative estimate of drug-likeness (QED) is 0.572. The first-order chi connectivity index (χ1) is 15.4. The number of carbonyl (C=O) groups excluding carboxylic acids is 1. The lowest BCUT2D eigenvalue weighted by Crippen LogP contribution is -2.34. The van der Waals surface area contributed by atoms with Gasteiger partial charge >= 0.3 is 0 Å². The van der Waals surface area contributed by atoms with Gasteiger partial charge < -0.3 is 19.9 Å². The van der Waals surface area contributed by atoms with Crippen LogP contribution in [0.3, 0.4) is 0 Å². The van der Waals surface area contributed by atoms with Crippen molar-refractivity contribution in [3.63, 3.8) is 0 Å². The highest BCUT2D eigenvalue weighted by atomic mass is 35.5. The van der Waals surface area contributed by atoms with Crippen LogP contribution in [0.25, 0.3) is 0 Å². The minimum atomic E-state index is -0.911. The number of hydrogen-bond acceptors (Lipinski definition) is 5. The Morgan fingerprint density at radius 2 is 1.75 bits per heavy atom. The maximum absolute atomic E-state index is 12.9. The second-order valence-electron chi connectivity index (χ2n) is 9.11. The van der Waals surface area contributed by atoms with Crippen molar-refractivity contribution < 1.29 is 19.4 Å². The highest BCUT2D eigenvalue weighted by molar-refractivity contribution is 6.30. The Bertz CT molecular complexity index is 953. The van der Waals surface area contributed by atoms with E-state index in [4.69, 9.17) is 21.1 Å². The van der Waals surface area contributed by atoms with Gasteiger partial charge in [-0.3, -0.25) is 4.79 Å². The summed E-state index contributed by atoms with van der Waals surface area (Å²) >= 11 is 6.04. The van der Waals surface area contributed by atoms with Gasteiger partial charge in [-0.15, -0.1) is 0 Å². The smallest absolute Gasteiger partial charge is 0.161 e. The molecule has 0 radical (unpaired) electrons. The average molecular weight is 458 g/mol. The van der Waals surface area contributed by atoms with Gasteiger partial charge in [0.2, 0.25) is 0 Å². The fourth-order valence-corrected chi connectivity index (χ4v) is 4.83. The van der Waals surface area contributed by atoms with Gasteiger partial charge in [-0.05, 0) is 67.6 Å². The number of rotatable bonds is 8. The van der Waals surface area contributed by atoms with Crippen LogP contribution in [-0.2, 0) is 4.79 Å². The molecular formula is C26H32ClNO4. The summed E-state index contributed by atoms with van der Waals surface area (Å²) in [4.78, 5) is 12.9. The van der Waals surface area contributed by atoms with E-state index in [0.717, 1.165) is 18.4 Å². The molecule has 0 aromatic heterocycles. The maximum atomic E-state index is 12.9. The molecule has 6 heteroatoms. The third kappa shape index (κ3) is 4.95. The van der Waals surface area contributed by atoms with Gasteiger partial charge in [-0.2, -0.15) is 0 Å². The molecule has 0 heterocycles. The van der Waals surface area contributed by atoms with Crippen LogP contribution in [-0.4, -0.2) is 36.2 Å².